The summed E-state index contributed by atoms with van der Waals surface area (Å²) < 4.78 is 7.19. The molecule has 2 saturated heterocycles. The second kappa shape index (κ2) is 7.16. The summed E-state index contributed by atoms with van der Waals surface area (Å²) in [6.45, 7) is 0. The summed E-state index contributed by atoms with van der Waals surface area (Å²) in [4.78, 5) is 55.9. The first kappa shape index (κ1) is 20.4. The number of benzene rings is 3. The topological polar surface area (TPSA) is 80.8 Å². The Morgan fingerprint density at radius 1 is 0.758 bits per heavy atom. The maximum Gasteiger partial charge on any atom is 0.241 e. The Kier molecular flexibility index (Phi) is 4.44. The zero-order valence-electron chi connectivity index (χ0n) is 17.1. The van der Waals surface area contributed by atoms with Gasteiger partial charge in [0.05, 0.1) is 23.6 Å². The van der Waals surface area contributed by atoms with E-state index in [-0.39, 0.29) is 11.1 Å². The molecule has 1 aliphatic carbocycles. The Balaban J connectivity index is 1.56. The Labute approximate surface area is 202 Å². The highest BCUT2D eigenvalue weighted by molar-refractivity contribution is 14.1. The van der Waals surface area contributed by atoms with Crippen molar-refractivity contribution in [3.63, 3.8) is 0 Å². The Morgan fingerprint density at radius 3 is 2.03 bits per heavy atom. The van der Waals surface area contributed by atoms with Crippen molar-refractivity contribution < 1.29 is 23.9 Å². The molecule has 0 N–H and O–H groups in total. The molecule has 0 bridgehead atoms. The van der Waals surface area contributed by atoms with E-state index in [1.54, 1.807) is 60.7 Å². The highest BCUT2D eigenvalue weighted by atomic mass is 127. The molecule has 2 aliphatic heterocycles. The first-order valence-electron chi connectivity index (χ1n) is 10.5. The van der Waals surface area contributed by atoms with Gasteiger partial charge in [0.2, 0.25) is 29.0 Å². The maximum absolute atomic E-state index is 13.8. The summed E-state index contributed by atoms with van der Waals surface area (Å²) in [6.07, 6.45) is -0.905. The van der Waals surface area contributed by atoms with Crippen LogP contribution < -0.4 is 4.90 Å². The second-order valence-corrected chi connectivity index (χ2v) is 9.63. The van der Waals surface area contributed by atoms with E-state index in [1.807, 2.05) is 18.2 Å². The van der Waals surface area contributed by atoms with Gasteiger partial charge in [-0.2, -0.15) is 0 Å². The number of para-hydroxylation sites is 1. The standard InChI is InChI=1S/C26H16INO5/c27-15-8-6-7-14(13-15)21-19-20(25(32)28(24(19)31)16-9-2-1-3-10-16)26(33-21)22(29)17-11-4-5-12-18(17)23(26)30/h1-13,19-21H/t19-,20+,21+/m1/s1. The van der Waals surface area contributed by atoms with Crippen LogP contribution in [0.25, 0.3) is 0 Å². The number of nitrogens with zero attached hydrogens (tertiary/aromatic N) is 1. The molecule has 6 rings (SSSR count). The third-order valence-electron chi connectivity index (χ3n) is 6.71. The highest BCUT2D eigenvalue weighted by Gasteiger charge is 2.74. The number of carbonyl (C=O) groups excluding carboxylic acids is 4. The van der Waals surface area contributed by atoms with Crippen LogP contribution in [0.4, 0.5) is 5.69 Å². The molecule has 2 heterocycles. The first-order chi connectivity index (χ1) is 15.9. The van der Waals surface area contributed by atoms with Crippen molar-refractivity contribution in [1.29, 1.82) is 0 Å². The lowest BCUT2D eigenvalue weighted by molar-refractivity contribution is -0.127. The number of ether oxygens (including phenoxy) is 1. The average molecular weight is 549 g/mol. The minimum Gasteiger partial charge on any atom is -0.349 e. The van der Waals surface area contributed by atoms with E-state index in [2.05, 4.69) is 22.6 Å². The Morgan fingerprint density at radius 2 is 1.39 bits per heavy atom. The summed E-state index contributed by atoms with van der Waals surface area (Å²) in [5, 5.41) is 0. The number of hydrogen-bond donors (Lipinski definition) is 0. The molecule has 3 aromatic carbocycles. The molecule has 6 nitrogen and oxygen atoms in total. The molecule has 0 aromatic heterocycles. The van der Waals surface area contributed by atoms with E-state index in [1.165, 1.54) is 0 Å². The monoisotopic (exact) mass is 549 g/mol. The van der Waals surface area contributed by atoms with E-state index in [0.717, 1.165) is 8.47 Å². The molecule has 3 aromatic rings. The first-order valence-corrected chi connectivity index (χ1v) is 11.6. The lowest BCUT2D eigenvalue weighted by Gasteiger charge is -2.27. The number of anilines is 1. The SMILES string of the molecule is O=C1[C@@H]2[C@@H](C(=O)N1c1ccccc1)C1(O[C@H]2c2cccc(I)c2)C(=O)c2ccccc2C1=O. The molecule has 7 heteroatoms. The van der Waals surface area contributed by atoms with E-state index in [9.17, 15) is 19.2 Å². The number of ketones is 2. The molecule has 0 radical (unpaired) electrons. The number of halogens is 1. The maximum atomic E-state index is 13.8. The van der Waals surface area contributed by atoms with Crippen LogP contribution >= 0.6 is 22.6 Å². The van der Waals surface area contributed by atoms with Gasteiger partial charge < -0.3 is 4.74 Å². The van der Waals surface area contributed by atoms with Gasteiger partial charge in [0, 0.05) is 14.7 Å². The Hall–Kier alpha value is -3.17. The molecular formula is C26H16INO5. The van der Waals surface area contributed by atoms with Crippen molar-refractivity contribution in [3.8, 4) is 0 Å². The van der Waals surface area contributed by atoms with Crippen molar-refractivity contribution in [2.24, 2.45) is 11.8 Å². The third-order valence-corrected chi connectivity index (χ3v) is 7.38. The Bertz CT molecular complexity index is 1330. The zero-order valence-corrected chi connectivity index (χ0v) is 19.3. The molecule has 1 spiro atoms. The van der Waals surface area contributed by atoms with Crippen LogP contribution in [0, 0.1) is 15.4 Å². The molecular weight excluding hydrogens is 533 g/mol. The zero-order chi connectivity index (χ0) is 22.9. The summed E-state index contributed by atoms with van der Waals surface area (Å²) in [7, 11) is 0. The van der Waals surface area contributed by atoms with Gasteiger partial charge in [-0.25, -0.2) is 4.90 Å². The predicted octanol–water partition coefficient (Wildman–Crippen LogP) is 3.99. The lowest BCUT2D eigenvalue weighted by atomic mass is 9.77. The van der Waals surface area contributed by atoms with Gasteiger partial charge in [0.15, 0.2) is 0 Å². The molecule has 0 unspecified atom stereocenters. The van der Waals surface area contributed by atoms with Crippen LogP contribution in [-0.2, 0) is 14.3 Å². The molecule has 33 heavy (non-hydrogen) atoms. The molecule has 162 valence electrons. The number of amides is 2. The summed E-state index contributed by atoms with van der Waals surface area (Å²) in [5.74, 6) is -4.38. The van der Waals surface area contributed by atoms with Gasteiger partial charge in [-0.3, -0.25) is 19.2 Å². The molecule has 2 amide bonds. The van der Waals surface area contributed by atoms with Gasteiger partial charge >= 0.3 is 0 Å². The fraction of sp³-hybridized carbons (Fsp3) is 0.154. The quantitative estimate of drug-likeness (QED) is 0.275. The predicted molar refractivity (Wildman–Crippen MR) is 127 cm³/mol. The van der Waals surface area contributed by atoms with Crippen molar-refractivity contribution in [2.45, 2.75) is 11.7 Å². The third kappa shape index (κ3) is 2.63. The normalized spacial score (nSPS) is 25.1. The number of carbonyl (C=O) groups is 4. The fourth-order valence-corrected chi connectivity index (χ4v) is 5.90. The largest absolute Gasteiger partial charge is 0.349 e. The summed E-state index contributed by atoms with van der Waals surface area (Å²) in [6, 6.07) is 22.4. The van der Waals surface area contributed by atoms with Crippen molar-refractivity contribution in [1.82, 2.24) is 0 Å². The van der Waals surface area contributed by atoms with E-state index >= 15 is 0 Å². The highest BCUT2D eigenvalue weighted by Crippen LogP contribution is 2.57. The van der Waals surface area contributed by atoms with Crippen molar-refractivity contribution >= 4 is 51.7 Å². The van der Waals surface area contributed by atoms with Crippen LogP contribution in [0.15, 0.2) is 78.9 Å². The lowest BCUT2D eigenvalue weighted by Crippen LogP contribution is -2.51. The van der Waals surface area contributed by atoms with Gasteiger partial charge in [-0.05, 0) is 52.4 Å². The average Bonchev–Trinajstić information content (AvgIpc) is 3.40. The number of rotatable bonds is 2. The van der Waals surface area contributed by atoms with Gasteiger partial charge in [-0.15, -0.1) is 0 Å². The van der Waals surface area contributed by atoms with E-state index < -0.39 is 46.9 Å². The number of imide groups is 1. The van der Waals surface area contributed by atoms with Crippen LogP contribution in [-0.4, -0.2) is 29.0 Å². The van der Waals surface area contributed by atoms with Crippen molar-refractivity contribution in [3.05, 3.63) is 99.1 Å². The summed E-state index contributed by atoms with van der Waals surface area (Å²) >= 11 is 2.15. The van der Waals surface area contributed by atoms with Crippen molar-refractivity contribution in [2.75, 3.05) is 4.90 Å². The van der Waals surface area contributed by atoms with E-state index in [0.29, 0.717) is 11.3 Å². The van der Waals surface area contributed by atoms with Gasteiger partial charge in [0.25, 0.3) is 0 Å². The fourth-order valence-electron chi connectivity index (χ4n) is 5.33. The van der Waals surface area contributed by atoms with Crippen LogP contribution in [0.5, 0.6) is 0 Å². The van der Waals surface area contributed by atoms with Crippen LogP contribution in [0.3, 0.4) is 0 Å². The number of fused-ring (bicyclic) bond motifs is 3. The number of hydrogen-bond acceptors (Lipinski definition) is 5. The molecule has 2 fully saturated rings. The van der Waals surface area contributed by atoms with Gasteiger partial charge in [0.1, 0.15) is 0 Å². The summed E-state index contributed by atoms with van der Waals surface area (Å²) in [5.41, 5.74) is -0.530. The van der Waals surface area contributed by atoms with Gasteiger partial charge in [-0.1, -0.05) is 54.6 Å². The molecule has 3 aliphatic rings. The van der Waals surface area contributed by atoms with Crippen LogP contribution in [0.1, 0.15) is 32.4 Å². The minimum atomic E-state index is -2.05. The molecule has 3 atom stereocenters. The van der Waals surface area contributed by atoms with E-state index in [4.69, 9.17) is 4.74 Å². The molecule has 0 saturated carbocycles. The smallest absolute Gasteiger partial charge is 0.241 e. The second-order valence-electron chi connectivity index (χ2n) is 8.38. The number of Topliss-reactive ketones (excluding diaryl/α,β-unsaturated/α-hetero) is 2. The minimum absolute atomic E-state index is 0.225. The van der Waals surface area contributed by atoms with Crippen LogP contribution in [0.2, 0.25) is 0 Å².